The summed E-state index contributed by atoms with van der Waals surface area (Å²) >= 11 is 0. The Morgan fingerprint density at radius 2 is 1.19 bits per heavy atom. The molecule has 0 amide bonds. The third kappa shape index (κ3) is 8.26. The molecule has 1 unspecified atom stereocenters. The number of hydrogen-bond acceptors (Lipinski definition) is 6. The number of rotatable bonds is 13. The normalized spacial score (nSPS) is 24.8. The quantitative estimate of drug-likeness (QED) is 0.170. The van der Waals surface area contributed by atoms with Crippen molar-refractivity contribution in [2.24, 2.45) is 0 Å². The first kappa shape index (κ1) is 32.3. The van der Waals surface area contributed by atoms with E-state index in [-0.39, 0.29) is 18.3 Å². The Kier molecular flexibility index (Phi) is 10.9. The first-order valence-electron chi connectivity index (χ1n) is 14.7. The van der Waals surface area contributed by atoms with Crippen LogP contribution in [0.2, 0.25) is 18.1 Å². The highest BCUT2D eigenvalue weighted by Crippen LogP contribution is 2.39. The molecule has 0 spiro atoms. The molecule has 0 aromatic heterocycles. The molecule has 0 radical (unpaired) electrons. The van der Waals surface area contributed by atoms with E-state index in [1.165, 1.54) is 6.08 Å². The molecule has 4 rings (SSSR count). The summed E-state index contributed by atoms with van der Waals surface area (Å²) in [6, 6.07) is 29.8. The SMILES string of the molecule is C=CC1(O)O[C@H](CO[Si](C)(C)C(C)(C)C)[C@@H](OCc2ccccc2)[C@H](OCc2ccccc2)[C@H]1OCc1ccccc1. The van der Waals surface area contributed by atoms with Gasteiger partial charge in [0, 0.05) is 0 Å². The average molecular weight is 591 g/mol. The van der Waals surface area contributed by atoms with Crippen LogP contribution in [0.5, 0.6) is 0 Å². The van der Waals surface area contributed by atoms with Gasteiger partial charge in [-0.15, -0.1) is 0 Å². The van der Waals surface area contributed by atoms with E-state index in [1.54, 1.807) is 0 Å². The van der Waals surface area contributed by atoms with Crippen molar-refractivity contribution in [3.8, 4) is 0 Å². The predicted octanol–water partition coefficient (Wildman–Crippen LogP) is 7.04. The molecule has 1 saturated heterocycles. The molecule has 3 aromatic carbocycles. The van der Waals surface area contributed by atoms with Gasteiger partial charge in [-0.25, -0.2) is 0 Å². The Morgan fingerprint density at radius 1 is 0.762 bits per heavy atom. The van der Waals surface area contributed by atoms with Crippen molar-refractivity contribution in [1.29, 1.82) is 0 Å². The molecule has 1 fully saturated rings. The summed E-state index contributed by atoms with van der Waals surface area (Å²) in [6.07, 6.45) is -1.44. The van der Waals surface area contributed by atoms with E-state index < -0.39 is 38.5 Å². The maximum atomic E-state index is 11.9. The smallest absolute Gasteiger partial charge is 0.215 e. The zero-order valence-corrected chi connectivity index (χ0v) is 26.6. The summed E-state index contributed by atoms with van der Waals surface area (Å²) in [7, 11) is -2.15. The van der Waals surface area contributed by atoms with Gasteiger partial charge in [-0.1, -0.05) is 118 Å². The summed E-state index contributed by atoms with van der Waals surface area (Å²) < 4.78 is 32.7. The van der Waals surface area contributed by atoms with Gasteiger partial charge in [-0.3, -0.25) is 0 Å². The van der Waals surface area contributed by atoms with Crippen LogP contribution >= 0.6 is 0 Å². The Bertz CT molecular complexity index is 1230. The van der Waals surface area contributed by atoms with E-state index in [4.69, 9.17) is 23.4 Å². The highest BCUT2D eigenvalue weighted by molar-refractivity contribution is 6.74. The summed E-state index contributed by atoms with van der Waals surface area (Å²) in [6.45, 7) is 16.1. The lowest BCUT2D eigenvalue weighted by Crippen LogP contribution is -2.67. The molecular formula is C35H46O6Si. The highest BCUT2D eigenvalue weighted by Gasteiger charge is 2.55. The predicted molar refractivity (Wildman–Crippen MR) is 168 cm³/mol. The summed E-state index contributed by atoms with van der Waals surface area (Å²) in [4.78, 5) is 0. The summed E-state index contributed by atoms with van der Waals surface area (Å²) in [5, 5.41) is 11.9. The molecule has 42 heavy (non-hydrogen) atoms. The van der Waals surface area contributed by atoms with Crippen molar-refractivity contribution >= 4 is 8.32 Å². The van der Waals surface area contributed by atoms with Gasteiger partial charge in [0.1, 0.15) is 24.4 Å². The highest BCUT2D eigenvalue weighted by atomic mass is 28.4. The maximum Gasteiger partial charge on any atom is 0.215 e. The first-order valence-corrected chi connectivity index (χ1v) is 17.6. The van der Waals surface area contributed by atoms with E-state index in [9.17, 15) is 5.11 Å². The van der Waals surface area contributed by atoms with Crippen molar-refractivity contribution < 1.29 is 28.5 Å². The van der Waals surface area contributed by atoms with Crippen molar-refractivity contribution in [2.75, 3.05) is 6.61 Å². The molecule has 1 N–H and O–H groups in total. The van der Waals surface area contributed by atoms with E-state index >= 15 is 0 Å². The van der Waals surface area contributed by atoms with Crippen LogP contribution in [0.4, 0.5) is 0 Å². The minimum atomic E-state index is -2.15. The number of ether oxygens (including phenoxy) is 4. The Morgan fingerprint density at radius 3 is 1.62 bits per heavy atom. The minimum Gasteiger partial charge on any atom is -0.414 e. The van der Waals surface area contributed by atoms with Crippen molar-refractivity contribution in [3.05, 3.63) is 120 Å². The van der Waals surface area contributed by atoms with Gasteiger partial charge in [0.15, 0.2) is 8.32 Å². The van der Waals surface area contributed by atoms with Gasteiger partial charge in [0.05, 0.1) is 26.4 Å². The molecule has 1 aliphatic heterocycles. The third-order valence-corrected chi connectivity index (χ3v) is 12.8. The van der Waals surface area contributed by atoms with Crippen LogP contribution in [0.3, 0.4) is 0 Å². The third-order valence-electron chi connectivity index (χ3n) is 8.29. The molecule has 226 valence electrons. The number of aliphatic hydroxyl groups is 1. The Labute approximate surface area is 252 Å². The molecule has 7 heteroatoms. The summed E-state index contributed by atoms with van der Waals surface area (Å²) in [5.41, 5.74) is 2.99. The van der Waals surface area contributed by atoms with E-state index in [1.807, 2.05) is 91.0 Å². The molecule has 0 saturated carbocycles. The zero-order valence-electron chi connectivity index (χ0n) is 25.6. The molecule has 0 bridgehead atoms. The molecule has 6 nitrogen and oxygen atoms in total. The second-order valence-corrected chi connectivity index (χ2v) is 17.2. The fourth-order valence-corrected chi connectivity index (χ4v) is 5.70. The lowest BCUT2D eigenvalue weighted by Gasteiger charge is -2.50. The standard InChI is InChI=1S/C35H46O6Si/c1-7-35(36)33(39-25-29-21-15-10-16-22-29)32(38-24-28-19-13-9-14-20-28)31(37-23-27-17-11-8-12-18-27)30(41-35)26-40-42(5,6)34(2,3)4/h7-22,30-33,36H,1,23-26H2,2-6H3/t30-,31-,32+,33-,35?/m1/s1. The fraction of sp³-hybridized carbons (Fsp3) is 0.429. The molecule has 0 aliphatic carbocycles. The van der Waals surface area contributed by atoms with Crippen LogP contribution in [0.15, 0.2) is 104 Å². The van der Waals surface area contributed by atoms with Gasteiger partial charge in [-0.05, 0) is 40.9 Å². The van der Waals surface area contributed by atoms with E-state index in [2.05, 4.69) is 40.4 Å². The van der Waals surface area contributed by atoms with Crippen molar-refractivity contribution in [3.63, 3.8) is 0 Å². The van der Waals surface area contributed by atoms with Crippen LogP contribution in [0.1, 0.15) is 37.5 Å². The topological polar surface area (TPSA) is 66.4 Å². The Hall–Kier alpha value is -2.62. The van der Waals surface area contributed by atoms with E-state index in [0.29, 0.717) is 13.2 Å². The average Bonchev–Trinajstić information content (AvgIpc) is 2.99. The van der Waals surface area contributed by atoms with Crippen molar-refractivity contribution in [1.82, 2.24) is 0 Å². The molecule has 5 atom stereocenters. The van der Waals surface area contributed by atoms with Crippen molar-refractivity contribution in [2.45, 2.75) is 88.9 Å². The van der Waals surface area contributed by atoms with Crippen LogP contribution in [0.25, 0.3) is 0 Å². The first-order chi connectivity index (χ1) is 20.0. The minimum absolute atomic E-state index is 0.00133. The molecule has 1 aliphatic rings. The van der Waals surface area contributed by atoms with E-state index in [0.717, 1.165) is 16.7 Å². The number of hydrogen-bond donors (Lipinski definition) is 1. The van der Waals surface area contributed by atoms with Crippen LogP contribution < -0.4 is 0 Å². The second kappa shape index (κ2) is 14.2. The number of benzene rings is 3. The monoisotopic (exact) mass is 590 g/mol. The van der Waals surface area contributed by atoms with Gasteiger partial charge in [-0.2, -0.15) is 0 Å². The Balaban J connectivity index is 1.68. The second-order valence-electron chi connectivity index (χ2n) is 12.4. The molecule has 3 aromatic rings. The van der Waals surface area contributed by atoms with Crippen LogP contribution in [0, 0.1) is 0 Å². The van der Waals surface area contributed by atoms with Gasteiger partial charge in [0.25, 0.3) is 0 Å². The molecule has 1 heterocycles. The van der Waals surface area contributed by atoms with Crippen LogP contribution in [-0.4, -0.2) is 50.2 Å². The molecular weight excluding hydrogens is 544 g/mol. The lowest BCUT2D eigenvalue weighted by molar-refractivity contribution is -0.349. The fourth-order valence-electron chi connectivity index (χ4n) is 4.69. The summed E-state index contributed by atoms with van der Waals surface area (Å²) in [5.74, 6) is -1.83. The van der Waals surface area contributed by atoms with Gasteiger partial charge >= 0.3 is 0 Å². The zero-order chi connectivity index (χ0) is 30.2. The van der Waals surface area contributed by atoms with Crippen LogP contribution in [-0.2, 0) is 43.2 Å². The van der Waals surface area contributed by atoms with Gasteiger partial charge in [0.2, 0.25) is 5.79 Å². The maximum absolute atomic E-state index is 11.9. The van der Waals surface area contributed by atoms with Gasteiger partial charge < -0.3 is 28.5 Å². The largest absolute Gasteiger partial charge is 0.414 e. The lowest BCUT2D eigenvalue weighted by atomic mass is 9.91.